The Bertz CT molecular complexity index is 1140. The van der Waals surface area contributed by atoms with Crippen LogP contribution in [-0.4, -0.2) is 61.0 Å². The van der Waals surface area contributed by atoms with E-state index in [-0.39, 0.29) is 36.8 Å². The molecule has 2 atom stereocenters. The van der Waals surface area contributed by atoms with Gasteiger partial charge in [0.25, 0.3) is 5.91 Å². The van der Waals surface area contributed by atoms with Crippen molar-refractivity contribution in [3.8, 4) is 0 Å². The van der Waals surface area contributed by atoms with Crippen molar-refractivity contribution in [3.63, 3.8) is 0 Å². The lowest BCUT2D eigenvalue weighted by molar-refractivity contribution is -0.143. The van der Waals surface area contributed by atoms with E-state index in [9.17, 15) is 35.5 Å². The molecule has 2 aromatic carbocycles. The van der Waals surface area contributed by atoms with E-state index in [1.807, 2.05) is 0 Å². The summed E-state index contributed by atoms with van der Waals surface area (Å²) < 4.78 is 94.9. The molecule has 0 bridgehead atoms. The second kappa shape index (κ2) is 13.3. The highest BCUT2D eigenvalue weighted by atomic mass is 35.5. The Morgan fingerprint density at radius 3 is 2.02 bits per heavy atom. The summed E-state index contributed by atoms with van der Waals surface area (Å²) in [5, 5.41) is 3.31. The normalized spacial score (nSPS) is 20.8. The Kier molecular flexibility index (Phi) is 11.3. The van der Waals surface area contributed by atoms with Crippen molar-refractivity contribution >= 4 is 30.7 Å². The van der Waals surface area contributed by atoms with Crippen LogP contribution in [0.5, 0.6) is 0 Å². The maximum absolute atomic E-state index is 14.5. The predicted molar refractivity (Wildman–Crippen MR) is 143 cm³/mol. The minimum atomic E-state index is -5.06. The number of hydrogen-bond donors (Lipinski definition) is 1. The molecule has 0 saturated carbocycles. The van der Waals surface area contributed by atoms with Crippen LogP contribution in [0.2, 0.25) is 0 Å². The molecular formula is C27H32Cl2F7N3O. The van der Waals surface area contributed by atoms with Crippen molar-refractivity contribution in [1.82, 2.24) is 15.1 Å². The zero-order valence-corrected chi connectivity index (χ0v) is 23.5. The second-order valence-electron chi connectivity index (χ2n) is 10.2. The average Bonchev–Trinajstić information content (AvgIpc) is 2.88. The van der Waals surface area contributed by atoms with Gasteiger partial charge in [0.1, 0.15) is 5.82 Å². The van der Waals surface area contributed by atoms with E-state index in [0.29, 0.717) is 48.8 Å². The molecule has 0 aliphatic carbocycles. The van der Waals surface area contributed by atoms with Crippen LogP contribution in [-0.2, 0) is 12.4 Å². The first-order valence-electron chi connectivity index (χ1n) is 12.5. The van der Waals surface area contributed by atoms with Crippen LogP contribution in [0.25, 0.3) is 0 Å². The summed E-state index contributed by atoms with van der Waals surface area (Å²) in [5.41, 5.74) is -2.69. The Morgan fingerprint density at radius 2 is 1.50 bits per heavy atom. The molecule has 1 N–H and O–H groups in total. The molecule has 224 valence electrons. The first-order valence-corrected chi connectivity index (χ1v) is 12.5. The highest BCUT2D eigenvalue weighted by Gasteiger charge is 2.40. The van der Waals surface area contributed by atoms with E-state index in [2.05, 4.69) is 10.2 Å². The Morgan fingerprint density at radius 1 is 0.925 bits per heavy atom. The van der Waals surface area contributed by atoms with Crippen LogP contribution in [0.1, 0.15) is 57.8 Å². The number of aryl methyl sites for hydroxylation is 1. The number of piperidine rings is 2. The van der Waals surface area contributed by atoms with Crippen molar-refractivity contribution in [1.29, 1.82) is 0 Å². The average molecular weight is 618 g/mol. The van der Waals surface area contributed by atoms with Gasteiger partial charge < -0.3 is 10.2 Å². The van der Waals surface area contributed by atoms with Gasteiger partial charge in [-0.05, 0) is 74.7 Å². The number of hydrogen-bond acceptors (Lipinski definition) is 3. The van der Waals surface area contributed by atoms with Gasteiger partial charge in [0, 0.05) is 43.7 Å². The van der Waals surface area contributed by atoms with Crippen LogP contribution < -0.4 is 5.32 Å². The topological polar surface area (TPSA) is 35.6 Å². The van der Waals surface area contributed by atoms with Crippen LogP contribution in [0.3, 0.4) is 0 Å². The van der Waals surface area contributed by atoms with E-state index >= 15 is 0 Å². The molecule has 0 unspecified atom stereocenters. The molecule has 40 heavy (non-hydrogen) atoms. The first kappa shape index (κ1) is 34.1. The lowest BCUT2D eigenvalue weighted by Crippen LogP contribution is -2.54. The number of carbonyl (C=O) groups excluding carboxylic acids is 1. The second-order valence-corrected chi connectivity index (χ2v) is 10.2. The third-order valence-electron chi connectivity index (χ3n) is 7.71. The molecule has 4 rings (SSSR count). The minimum Gasteiger partial charge on any atom is -0.338 e. The fraction of sp³-hybridized carbons (Fsp3) is 0.519. The van der Waals surface area contributed by atoms with Gasteiger partial charge >= 0.3 is 12.4 Å². The van der Waals surface area contributed by atoms with Crippen LogP contribution in [0.4, 0.5) is 30.7 Å². The van der Waals surface area contributed by atoms with Crippen molar-refractivity contribution in [2.24, 2.45) is 0 Å². The molecule has 13 heteroatoms. The summed E-state index contributed by atoms with van der Waals surface area (Å²) in [6, 6.07) is 5.48. The van der Waals surface area contributed by atoms with Gasteiger partial charge in [-0.3, -0.25) is 9.69 Å². The van der Waals surface area contributed by atoms with Gasteiger partial charge in [-0.2, -0.15) is 26.3 Å². The number of amides is 1. The lowest BCUT2D eigenvalue weighted by atomic mass is 9.83. The number of nitrogens with zero attached hydrogens (tertiary/aromatic N) is 2. The highest BCUT2D eigenvalue weighted by Crippen LogP contribution is 2.38. The van der Waals surface area contributed by atoms with E-state index < -0.39 is 46.8 Å². The summed E-state index contributed by atoms with van der Waals surface area (Å²) >= 11 is 0. The number of likely N-dealkylation sites (tertiary alicyclic amines) is 1. The van der Waals surface area contributed by atoms with Gasteiger partial charge in [0.2, 0.25) is 0 Å². The molecule has 2 heterocycles. The molecule has 2 fully saturated rings. The maximum Gasteiger partial charge on any atom is 0.416 e. The monoisotopic (exact) mass is 617 g/mol. The largest absolute Gasteiger partial charge is 0.416 e. The van der Waals surface area contributed by atoms with Crippen molar-refractivity contribution in [2.75, 3.05) is 33.2 Å². The molecule has 1 amide bonds. The predicted octanol–water partition coefficient (Wildman–Crippen LogP) is 6.70. The lowest BCUT2D eigenvalue weighted by Gasteiger charge is -2.46. The summed E-state index contributed by atoms with van der Waals surface area (Å²) in [5.74, 6) is -1.74. The molecule has 2 aliphatic rings. The zero-order valence-electron chi connectivity index (χ0n) is 21.9. The molecule has 2 saturated heterocycles. The van der Waals surface area contributed by atoms with Gasteiger partial charge in [-0.1, -0.05) is 12.1 Å². The Hall–Kier alpha value is -2.08. The van der Waals surface area contributed by atoms with Gasteiger partial charge in [-0.15, -0.1) is 24.8 Å². The zero-order chi connectivity index (χ0) is 27.8. The van der Waals surface area contributed by atoms with Crippen LogP contribution in [0, 0.1) is 12.7 Å². The Balaban J connectivity index is 0.00000280. The maximum atomic E-state index is 14.5. The number of nitrogens with one attached hydrogen (secondary N) is 1. The molecule has 4 nitrogen and oxygen atoms in total. The number of likely N-dealkylation sites (N-methyl/N-ethyl adjacent to an activating group) is 1. The SMILES string of the molecule is Cc1ccc([C@@H]2CN(C3CCNCC3)CC[C@H]2N(C)C(=O)c2cc(C(F)(F)F)cc(C(F)(F)F)c2)cc1F.Cl.Cl. The van der Waals surface area contributed by atoms with Gasteiger partial charge in [0.05, 0.1) is 11.1 Å². The molecule has 0 spiro atoms. The quantitative estimate of drug-likeness (QED) is 0.388. The summed E-state index contributed by atoms with van der Waals surface area (Å²) in [4.78, 5) is 16.9. The number of halogens is 9. The fourth-order valence-corrected chi connectivity index (χ4v) is 5.53. The van der Waals surface area contributed by atoms with E-state index in [1.54, 1.807) is 19.1 Å². The summed E-state index contributed by atoms with van der Waals surface area (Å²) in [6.07, 6.45) is -7.82. The van der Waals surface area contributed by atoms with E-state index in [4.69, 9.17) is 0 Å². The first-order chi connectivity index (χ1) is 17.8. The molecule has 0 aromatic heterocycles. The summed E-state index contributed by atoms with van der Waals surface area (Å²) in [7, 11) is 1.39. The molecule has 2 aromatic rings. The van der Waals surface area contributed by atoms with Gasteiger partial charge in [0.15, 0.2) is 0 Å². The number of rotatable bonds is 4. The van der Waals surface area contributed by atoms with E-state index in [1.165, 1.54) is 18.0 Å². The third kappa shape index (κ3) is 7.60. The standard InChI is InChI=1S/C27H30F7N3O.2ClH/c1-16-3-4-17(13-23(16)28)22-15-37(21-5-8-35-9-6-21)10-7-24(22)36(2)25(38)18-11-19(26(29,30)31)14-20(12-18)27(32,33)34;;/h3-4,11-14,21-22,24,35H,5-10,15H2,1-2H3;2*1H/t22-,24+;;/m0../s1. The van der Waals surface area contributed by atoms with Gasteiger partial charge in [-0.25, -0.2) is 4.39 Å². The third-order valence-corrected chi connectivity index (χ3v) is 7.71. The van der Waals surface area contributed by atoms with Crippen molar-refractivity contribution < 1.29 is 35.5 Å². The van der Waals surface area contributed by atoms with Crippen LogP contribution >= 0.6 is 24.8 Å². The van der Waals surface area contributed by atoms with Crippen LogP contribution in [0.15, 0.2) is 36.4 Å². The minimum absolute atomic E-state index is 0. The van der Waals surface area contributed by atoms with Crippen molar-refractivity contribution in [3.05, 3.63) is 70.0 Å². The van der Waals surface area contributed by atoms with Crippen molar-refractivity contribution in [2.45, 2.75) is 56.5 Å². The smallest absolute Gasteiger partial charge is 0.338 e. The summed E-state index contributed by atoms with van der Waals surface area (Å²) in [6.45, 7) is 4.45. The number of alkyl halides is 6. The fourth-order valence-electron chi connectivity index (χ4n) is 5.53. The number of carbonyl (C=O) groups is 1. The molecular weight excluding hydrogens is 586 g/mol. The highest BCUT2D eigenvalue weighted by molar-refractivity contribution is 5.95. The van der Waals surface area contributed by atoms with E-state index in [0.717, 1.165) is 25.9 Å². The number of benzene rings is 2. The molecule has 2 aliphatic heterocycles. The molecule has 0 radical (unpaired) electrons. The Labute approximate surface area is 241 Å².